The number of nitrogens with one attached hydrogen (secondary N) is 2. The lowest BCUT2D eigenvalue weighted by Crippen LogP contribution is -2.44. The van der Waals surface area contributed by atoms with E-state index >= 15 is 0 Å². The number of imidazole rings is 1. The number of aromatic carboxylic acids is 1. The fourth-order valence-electron chi connectivity index (χ4n) is 6.46. The summed E-state index contributed by atoms with van der Waals surface area (Å²) < 4.78 is 6.36. The molecule has 0 spiro atoms. The fourth-order valence-corrected chi connectivity index (χ4v) is 6.46. The molecule has 1 aromatic carbocycles. The maximum atomic E-state index is 10.1. The van der Waals surface area contributed by atoms with Crippen molar-refractivity contribution in [3.05, 3.63) is 77.6 Å². The third kappa shape index (κ3) is 7.06. The lowest BCUT2D eigenvalue weighted by atomic mass is 9.76. The van der Waals surface area contributed by atoms with Gasteiger partial charge in [0.25, 0.3) is 0 Å². The van der Waals surface area contributed by atoms with Gasteiger partial charge in [-0.25, -0.2) is 9.78 Å². The Hall–Kier alpha value is -4.22. The van der Waals surface area contributed by atoms with Crippen LogP contribution in [0.2, 0.25) is 0 Å². The molecule has 0 bridgehead atoms. The largest absolute Gasteiger partial charge is 0.475 e. The summed E-state index contributed by atoms with van der Waals surface area (Å²) in [4.78, 5) is 24.9. The lowest BCUT2D eigenvalue weighted by Gasteiger charge is -2.45. The Balaban J connectivity index is 0.000000314. The normalized spacial score (nSPS) is 19.1. The van der Waals surface area contributed by atoms with E-state index in [1.807, 2.05) is 0 Å². The number of carbonyl (C=O) groups is 1. The summed E-state index contributed by atoms with van der Waals surface area (Å²) >= 11 is 0. The van der Waals surface area contributed by atoms with Gasteiger partial charge >= 0.3 is 5.97 Å². The fraction of sp³-hybridized carbons (Fsp3) is 0.429. The Morgan fingerprint density at radius 2 is 1.77 bits per heavy atom. The second-order valence-corrected chi connectivity index (χ2v) is 13.8. The summed E-state index contributed by atoms with van der Waals surface area (Å²) in [6, 6.07) is 17.1. The van der Waals surface area contributed by atoms with Crippen LogP contribution in [0.4, 0.5) is 0 Å². The van der Waals surface area contributed by atoms with E-state index in [9.17, 15) is 4.79 Å². The second-order valence-electron chi connectivity index (χ2n) is 13.8. The minimum atomic E-state index is -1.17. The average molecular weight is 580 g/mol. The number of carboxylic acids is 1. The zero-order valence-electron chi connectivity index (χ0n) is 25.9. The van der Waals surface area contributed by atoms with Gasteiger partial charge in [0.1, 0.15) is 11.8 Å². The van der Waals surface area contributed by atoms with E-state index in [0.717, 1.165) is 37.1 Å². The maximum absolute atomic E-state index is 10.1. The third-order valence-corrected chi connectivity index (χ3v) is 8.36. The molecule has 1 fully saturated rings. The van der Waals surface area contributed by atoms with Crippen LogP contribution in [-0.2, 0) is 4.74 Å². The zero-order valence-corrected chi connectivity index (χ0v) is 25.9. The van der Waals surface area contributed by atoms with Crippen LogP contribution in [0, 0.1) is 16.7 Å². The van der Waals surface area contributed by atoms with Crippen LogP contribution < -0.4 is 0 Å². The van der Waals surface area contributed by atoms with Crippen LogP contribution in [0.15, 0.2) is 54.7 Å². The molecule has 224 valence electrons. The molecular formula is C35H41N5O3. The number of benzene rings is 1. The van der Waals surface area contributed by atoms with Gasteiger partial charge in [-0.15, -0.1) is 0 Å². The van der Waals surface area contributed by atoms with Gasteiger partial charge in [-0.05, 0) is 95.1 Å². The minimum Gasteiger partial charge on any atom is -0.475 e. The van der Waals surface area contributed by atoms with E-state index in [4.69, 9.17) is 20.1 Å². The first-order valence-electron chi connectivity index (χ1n) is 14.9. The van der Waals surface area contributed by atoms with Gasteiger partial charge in [-0.3, -0.25) is 4.98 Å². The van der Waals surface area contributed by atoms with Crippen molar-refractivity contribution in [2.75, 3.05) is 0 Å². The highest BCUT2D eigenvalue weighted by atomic mass is 16.5. The summed E-state index contributed by atoms with van der Waals surface area (Å²) in [5, 5.41) is 17.8. The molecule has 3 aromatic heterocycles. The number of rotatable bonds is 4. The van der Waals surface area contributed by atoms with Crippen molar-refractivity contribution in [2.45, 2.75) is 90.8 Å². The number of aromatic amines is 2. The smallest absolute Gasteiger partial charge is 0.371 e. The first-order valence-corrected chi connectivity index (χ1v) is 14.9. The lowest BCUT2D eigenvalue weighted by molar-refractivity contribution is -0.162. The monoisotopic (exact) mass is 579 g/mol. The second kappa shape index (κ2) is 11.5. The molecular weight excluding hydrogens is 538 g/mol. The van der Waals surface area contributed by atoms with Crippen molar-refractivity contribution in [2.24, 2.45) is 5.41 Å². The zero-order chi connectivity index (χ0) is 31.0. The Morgan fingerprint density at radius 3 is 2.35 bits per heavy atom. The molecule has 4 aromatic rings. The number of pyridine rings is 1. The minimum absolute atomic E-state index is 0.141. The molecule has 0 amide bonds. The molecule has 8 heteroatoms. The van der Waals surface area contributed by atoms with E-state index in [0.29, 0.717) is 11.3 Å². The topological polar surface area (TPSA) is 128 Å². The maximum Gasteiger partial charge on any atom is 0.371 e. The Kier molecular flexibility index (Phi) is 8.06. The summed E-state index contributed by atoms with van der Waals surface area (Å²) in [5.74, 6) is -0.974. The molecule has 1 aliphatic heterocycles. The summed E-state index contributed by atoms with van der Waals surface area (Å²) in [6.45, 7) is 13.6. The number of aromatic nitrogens is 4. The molecule has 3 N–H and O–H groups in total. The van der Waals surface area contributed by atoms with E-state index in [2.05, 4.69) is 105 Å². The van der Waals surface area contributed by atoms with E-state index in [1.54, 1.807) is 6.07 Å². The number of nitriles is 1. The quantitative estimate of drug-likeness (QED) is 0.223. The molecule has 1 aliphatic carbocycles. The van der Waals surface area contributed by atoms with E-state index in [1.165, 1.54) is 40.4 Å². The van der Waals surface area contributed by atoms with Crippen LogP contribution in [0.25, 0.3) is 27.7 Å². The summed E-state index contributed by atoms with van der Waals surface area (Å²) in [6.07, 6.45) is 9.01. The third-order valence-electron chi connectivity index (χ3n) is 8.36. The molecule has 4 heterocycles. The predicted octanol–water partition coefficient (Wildman–Crippen LogP) is 8.25. The van der Waals surface area contributed by atoms with E-state index < -0.39 is 5.97 Å². The first-order chi connectivity index (χ1) is 20.2. The van der Waals surface area contributed by atoms with Gasteiger partial charge in [-0.1, -0.05) is 38.1 Å². The van der Waals surface area contributed by atoms with Gasteiger partial charge in [0.05, 0.1) is 23.1 Å². The molecule has 2 aliphatic rings. The number of ether oxygens (including phenoxy) is 1. The number of hydrogen-bond acceptors (Lipinski definition) is 5. The number of para-hydroxylation sites is 1. The van der Waals surface area contributed by atoms with Crippen molar-refractivity contribution in [1.82, 2.24) is 19.9 Å². The standard InChI is InChI=1S/C30H38N2O.C5H3N3O2/c1-28(2)15-13-20(14-16-28)27-23(26-17-21-9-7-8-10-24(21)31-26)11-12-25(32-27)22-18-29(3,4)33-30(5,6)19-22;6-1-3-2-7-4(8-3)5(9)10/h7-13,17,22,31H,14-16,18-19H2,1-6H3;2H,(H,7,8)(H,9,10). The van der Waals surface area contributed by atoms with Crippen LogP contribution in [0.5, 0.6) is 0 Å². The highest BCUT2D eigenvalue weighted by molar-refractivity contribution is 5.88. The van der Waals surface area contributed by atoms with Crippen molar-refractivity contribution in [3.63, 3.8) is 0 Å². The molecule has 8 nitrogen and oxygen atoms in total. The molecule has 0 saturated carbocycles. The Morgan fingerprint density at radius 1 is 1.05 bits per heavy atom. The predicted molar refractivity (Wildman–Crippen MR) is 169 cm³/mol. The summed E-state index contributed by atoms with van der Waals surface area (Å²) in [7, 11) is 0. The van der Waals surface area contributed by atoms with Crippen LogP contribution in [0.1, 0.15) is 107 Å². The Bertz CT molecular complexity index is 1670. The van der Waals surface area contributed by atoms with Gasteiger partial charge in [0.2, 0.25) is 5.82 Å². The highest BCUT2D eigenvalue weighted by Gasteiger charge is 2.40. The molecule has 6 rings (SSSR count). The van der Waals surface area contributed by atoms with Crippen molar-refractivity contribution >= 4 is 22.4 Å². The molecule has 1 saturated heterocycles. The number of carboxylic acid groups (broad SMARTS) is 1. The number of H-pyrrole nitrogens is 2. The van der Waals surface area contributed by atoms with Crippen LogP contribution >= 0.6 is 0 Å². The van der Waals surface area contributed by atoms with E-state index in [-0.39, 0.29) is 22.7 Å². The van der Waals surface area contributed by atoms with Gasteiger partial charge in [0, 0.05) is 33.8 Å². The van der Waals surface area contributed by atoms with Gasteiger partial charge in [-0.2, -0.15) is 5.26 Å². The average Bonchev–Trinajstić information content (AvgIpc) is 3.59. The highest BCUT2D eigenvalue weighted by Crippen LogP contribution is 2.45. The number of nitrogens with zero attached hydrogens (tertiary/aromatic N) is 3. The number of allylic oxidation sites excluding steroid dienone is 2. The SMILES string of the molecule is CC1(C)CC=C(c2nc(C3CC(C)(C)OC(C)(C)C3)ccc2-c2cc3ccccc3[nH]2)CC1.N#Cc1cnc(C(=O)O)[nH]1. The van der Waals surface area contributed by atoms with Crippen LogP contribution in [0.3, 0.4) is 0 Å². The van der Waals surface area contributed by atoms with Gasteiger partial charge in [0.15, 0.2) is 0 Å². The Labute approximate surface area is 253 Å². The molecule has 0 atom stereocenters. The first kappa shape index (κ1) is 30.2. The number of hydrogen-bond donors (Lipinski definition) is 3. The molecule has 0 unspecified atom stereocenters. The van der Waals surface area contributed by atoms with Crippen LogP contribution in [-0.4, -0.2) is 42.2 Å². The number of fused-ring (bicyclic) bond motifs is 1. The van der Waals surface area contributed by atoms with Gasteiger partial charge < -0.3 is 19.8 Å². The van der Waals surface area contributed by atoms with Crippen molar-refractivity contribution in [3.8, 4) is 17.3 Å². The molecule has 0 radical (unpaired) electrons. The molecule has 43 heavy (non-hydrogen) atoms. The van der Waals surface area contributed by atoms with Crippen molar-refractivity contribution in [1.29, 1.82) is 5.26 Å². The van der Waals surface area contributed by atoms with Crippen molar-refractivity contribution < 1.29 is 14.6 Å². The summed E-state index contributed by atoms with van der Waals surface area (Å²) in [5.41, 5.74) is 7.56.